The van der Waals surface area contributed by atoms with E-state index in [9.17, 15) is 0 Å². The van der Waals surface area contributed by atoms with E-state index in [2.05, 4.69) is 5.32 Å². The third kappa shape index (κ3) is 4.03. The molecule has 1 rings (SSSR count). The van der Waals surface area contributed by atoms with Crippen LogP contribution in [0, 0.1) is 0 Å². The zero-order valence-corrected chi connectivity index (χ0v) is 11.6. The molecular formula is C12H18Cl2NO2+. The van der Waals surface area contributed by atoms with Crippen molar-refractivity contribution in [3.05, 3.63) is 27.7 Å². The fraction of sp³-hybridized carbons (Fsp3) is 0.500. The average Bonchev–Trinajstić information content (AvgIpc) is 2.29. The van der Waals surface area contributed by atoms with Crippen LogP contribution in [0.15, 0.2) is 12.1 Å². The third-order valence-electron chi connectivity index (χ3n) is 2.72. The Morgan fingerprint density at radius 3 is 2.65 bits per heavy atom. The number of ether oxygens (including phenoxy) is 1. The normalized spacial score (nSPS) is 12.5. The summed E-state index contributed by atoms with van der Waals surface area (Å²) in [6, 6.07) is 3.69. The van der Waals surface area contributed by atoms with Crippen LogP contribution in [0.25, 0.3) is 0 Å². The van der Waals surface area contributed by atoms with E-state index < -0.39 is 0 Å². The molecule has 0 amide bonds. The Bertz CT molecular complexity index is 368. The van der Waals surface area contributed by atoms with E-state index in [4.69, 9.17) is 33.0 Å². The lowest BCUT2D eigenvalue weighted by Crippen LogP contribution is -2.89. The monoisotopic (exact) mass is 278 g/mol. The van der Waals surface area contributed by atoms with Gasteiger partial charge in [0.05, 0.1) is 24.3 Å². The van der Waals surface area contributed by atoms with Gasteiger partial charge in [0.15, 0.2) is 0 Å². The van der Waals surface area contributed by atoms with E-state index in [0.29, 0.717) is 22.3 Å². The smallest absolute Gasteiger partial charge is 0.146 e. The zero-order valence-electron chi connectivity index (χ0n) is 10.0. The Labute approximate surface area is 112 Å². The molecule has 1 aromatic carbocycles. The summed E-state index contributed by atoms with van der Waals surface area (Å²) in [7, 11) is 1.59. The maximum atomic E-state index is 9.13. The van der Waals surface area contributed by atoms with Gasteiger partial charge in [-0.2, -0.15) is 0 Å². The molecule has 0 fully saturated rings. The van der Waals surface area contributed by atoms with Crippen molar-refractivity contribution in [1.82, 2.24) is 0 Å². The summed E-state index contributed by atoms with van der Waals surface area (Å²) in [6.07, 6.45) is 0.910. The molecule has 0 aromatic heterocycles. The molecule has 0 heterocycles. The minimum absolute atomic E-state index is 0.160. The van der Waals surface area contributed by atoms with Crippen LogP contribution in [-0.4, -0.2) is 24.9 Å². The Morgan fingerprint density at radius 2 is 2.12 bits per heavy atom. The molecule has 1 aromatic rings. The Balaban J connectivity index is 2.82. The van der Waals surface area contributed by atoms with E-state index >= 15 is 0 Å². The fourth-order valence-corrected chi connectivity index (χ4v) is 2.27. The molecule has 0 aliphatic heterocycles. The Kier molecular flexibility index (Phi) is 6.06. The number of benzene rings is 1. The molecule has 3 nitrogen and oxygen atoms in total. The van der Waals surface area contributed by atoms with Gasteiger partial charge in [-0.05, 0) is 18.6 Å². The lowest BCUT2D eigenvalue weighted by molar-refractivity contribution is -0.706. The summed E-state index contributed by atoms with van der Waals surface area (Å²) in [5.74, 6) is 0.653. The number of aliphatic hydroxyl groups is 1. The minimum Gasteiger partial charge on any atom is -0.495 e. The zero-order chi connectivity index (χ0) is 12.8. The SMILES string of the molecule is CC[C@@H](CO)[NH2+]Cc1cc(Cl)cc(Cl)c1OC. The summed E-state index contributed by atoms with van der Waals surface area (Å²) in [4.78, 5) is 0. The lowest BCUT2D eigenvalue weighted by Gasteiger charge is -2.14. The number of quaternary nitrogens is 1. The van der Waals surface area contributed by atoms with Gasteiger partial charge >= 0.3 is 0 Å². The average molecular weight is 279 g/mol. The molecule has 0 aliphatic rings. The summed E-state index contributed by atoms with van der Waals surface area (Å²) >= 11 is 12.0. The highest BCUT2D eigenvalue weighted by molar-refractivity contribution is 6.35. The largest absolute Gasteiger partial charge is 0.495 e. The summed E-state index contributed by atoms with van der Waals surface area (Å²) in [6.45, 7) is 2.88. The lowest BCUT2D eigenvalue weighted by atomic mass is 10.1. The van der Waals surface area contributed by atoms with Crippen molar-refractivity contribution in [3.63, 3.8) is 0 Å². The van der Waals surface area contributed by atoms with E-state index in [1.54, 1.807) is 13.2 Å². The van der Waals surface area contributed by atoms with Crippen molar-refractivity contribution in [2.45, 2.75) is 25.9 Å². The van der Waals surface area contributed by atoms with Crippen molar-refractivity contribution >= 4 is 23.2 Å². The van der Waals surface area contributed by atoms with Crippen molar-refractivity contribution in [3.8, 4) is 5.75 Å². The molecule has 5 heteroatoms. The third-order valence-corrected chi connectivity index (χ3v) is 3.22. The summed E-state index contributed by atoms with van der Waals surface area (Å²) < 4.78 is 5.26. The highest BCUT2D eigenvalue weighted by atomic mass is 35.5. The highest BCUT2D eigenvalue weighted by Gasteiger charge is 2.14. The first-order valence-corrected chi connectivity index (χ1v) is 6.34. The molecule has 3 N–H and O–H groups in total. The van der Waals surface area contributed by atoms with Gasteiger partial charge in [-0.3, -0.25) is 0 Å². The van der Waals surface area contributed by atoms with Crippen molar-refractivity contribution in [2.75, 3.05) is 13.7 Å². The summed E-state index contributed by atoms with van der Waals surface area (Å²) in [5.41, 5.74) is 0.942. The number of methoxy groups -OCH3 is 1. The molecule has 0 saturated carbocycles. The van der Waals surface area contributed by atoms with Crippen LogP contribution in [0.2, 0.25) is 10.0 Å². The van der Waals surface area contributed by atoms with Crippen LogP contribution < -0.4 is 10.1 Å². The van der Waals surface area contributed by atoms with Crippen LogP contribution in [0.1, 0.15) is 18.9 Å². The molecule has 17 heavy (non-hydrogen) atoms. The fourth-order valence-electron chi connectivity index (χ4n) is 1.66. The van der Waals surface area contributed by atoms with Gasteiger partial charge < -0.3 is 15.2 Å². The number of hydrogen-bond donors (Lipinski definition) is 2. The van der Waals surface area contributed by atoms with Crippen LogP contribution in [-0.2, 0) is 6.54 Å². The van der Waals surface area contributed by atoms with Crippen molar-refractivity contribution < 1.29 is 15.2 Å². The molecule has 0 aliphatic carbocycles. The van der Waals surface area contributed by atoms with Gasteiger partial charge in [0, 0.05) is 5.02 Å². The first kappa shape index (κ1) is 14.6. The van der Waals surface area contributed by atoms with Gasteiger partial charge in [0.1, 0.15) is 18.3 Å². The number of nitrogens with two attached hydrogens (primary N) is 1. The Hall–Kier alpha value is -0.480. The predicted octanol–water partition coefficient (Wildman–Crippen LogP) is 1.84. The maximum absolute atomic E-state index is 9.13. The molecule has 0 unspecified atom stereocenters. The maximum Gasteiger partial charge on any atom is 0.146 e. The van der Waals surface area contributed by atoms with Crippen molar-refractivity contribution in [2.24, 2.45) is 0 Å². The second kappa shape index (κ2) is 7.07. The van der Waals surface area contributed by atoms with E-state index in [1.165, 1.54) is 0 Å². The van der Waals surface area contributed by atoms with E-state index in [-0.39, 0.29) is 12.6 Å². The molecular weight excluding hydrogens is 261 g/mol. The number of rotatable bonds is 6. The Morgan fingerprint density at radius 1 is 1.41 bits per heavy atom. The topological polar surface area (TPSA) is 46.1 Å². The second-order valence-corrected chi connectivity index (χ2v) is 4.71. The standard InChI is InChI=1S/C12H17Cl2NO2/c1-3-10(7-16)15-6-8-4-9(13)5-11(14)12(8)17-2/h4-5,10,15-16H,3,6-7H2,1-2H3/p+1/t10-/m0/s1. The predicted molar refractivity (Wildman–Crippen MR) is 69.8 cm³/mol. The van der Waals surface area contributed by atoms with Gasteiger partial charge in [0.2, 0.25) is 0 Å². The van der Waals surface area contributed by atoms with Crippen LogP contribution in [0.3, 0.4) is 0 Å². The van der Waals surface area contributed by atoms with Gasteiger partial charge in [-0.25, -0.2) is 0 Å². The van der Waals surface area contributed by atoms with Crippen LogP contribution >= 0.6 is 23.2 Å². The number of halogens is 2. The van der Waals surface area contributed by atoms with Gasteiger partial charge in [0.25, 0.3) is 0 Å². The van der Waals surface area contributed by atoms with E-state index in [0.717, 1.165) is 12.0 Å². The van der Waals surface area contributed by atoms with Gasteiger partial charge in [-0.15, -0.1) is 0 Å². The number of hydrogen-bond acceptors (Lipinski definition) is 2. The first-order chi connectivity index (χ1) is 8.12. The minimum atomic E-state index is 0.160. The van der Waals surface area contributed by atoms with Crippen molar-refractivity contribution in [1.29, 1.82) is 0 Å². The summed E-state index contributed by atoms with van der Waals surface area (Å²) in [5, 5.41) is 12.3. The molecule has 0 bridgehead atoms. The molecule has 1 atom stereocenters. The second-order valence-electron chi connectivity index (χ2n) is 3.87. The van der Waals surface area contributed by atoms with E-state index in [1.807, 2.05) is 13.0 Å². The molecule has 0 saturated heterocycles. The molecule has 0 spiro atoms. The highest BCUT2D eigenvalue weighted by Crippen LogP contribution is 2.31. The van der Waals surface area contributed by atoms with Crippen LogP contribution in [0.5, 0.6) is 5.75 Å². The first-order valence-electron chi connectivity index (χ1n) is 5.58. The van der Waals surface area contributed by atoms with Gasteiger partial charge in [-0.1, -0.05) is 30.1 Å². The molecule has 96 valence electrons. The molecule has 0 radical (unpaired) electrons. The quantitative estimate of drug-likeness (QED) is 0.834. The van der Waals surface area contributed by atoms with Crippen LogP contribution in [0.4, 0.5) is 0 Å². The number of aliphatic hydroxyl groups excluding tert-OH is 1.